The highest BCUT2D eigenvalue weighted by Crippen LogP contribution is 2.38. The largest absolute Gasteiger partial charge is 0.378 e. The van der Waals surface area contributed by atoms with Gasteiger partial charge < -0.3 is 19.1 Å². The molecule has 1 aromatic carbocycles. The van der Waals surface area contributed by atoms with Crippen molar-refractivity contribution < 1.29 is 14.3 Å². The van der Waals surface area contributed by atoms with Crippen LogP contribution in [0.3, 0.4) is 0 Å². The monoisotopic (exact) mass is 520 g/mol. The summed E-state index contributed by atoms with van der Waals surface area (Å²) in [5.74, 6) is -0.194. The first kappa shape index (κ1) is 23.2. The first-order chi connectivity index (χ1) is 19.1. The normalized spacial score (nSPS) is 18.2. The highest BCUT2D eigenvalue weighted by atomic mass is 16.5. The quantitative estimate of drug-likeness (QED) is 0.185. The van der Waals surface area contributed by atoms with E-state index in [2.05, 4.69) is 35.7 Å². The number of amides is 2. The smallest absolute Gasteiger partial charge is 0.261 e. The molecule has 3 aliphatic rings. The van der Waals surface area contributed by atoms with E-state index in [1.54, 1.807) is 6.20 Å². The molecule has 0 saturated carbocycles. The lowest BCUT2D eigenvalue weighted by molar-refractivity contribution is -0.122. The van der Waals surface area contributed by atoms with Gasteiger partial charge in [0, 0.05) is 56.1 Å². The fraction of sp³-hybridized carbons (Fsp3) is 0.250. The van der Waals surface area contributed by atoms with Crippen LogP contribution in [0.2, 0.25) is 0 Å². The molecule has 1 saturated heterocycles. The van der Waals surface area contributed by atoms with Crippen molar-refractivity contribution in [2.45, 2.75) is 13.1 Å². The van der Waals surface area contributed by atoms with Crippen molar-refractivity contribution in [3.05, 3.63) is 71.8 Å². The lowest BCUT2D eigenvalue weighted by Gasteiger charge is -2.35. The molecule has 39 heavy (non-hydrogen) atoms. The van der Waals surface area contributed by atoms with E-state index in [1.165, 1.54) is 0 Å². The van der Waals surface area contributed by atoms with Gasteiger partial charge in [-0.05, 0) is 17.7 Å². The molecule has 0 bridgehead atoms. The van der Waals surface area contributed by atoms with E-state index in [0.717, 1.165) is 16.5 Å². The number of guanidine groups is 1. The van der Waals surface area contributed by atoms with E-state index in [0.29, 0.717) is 79.9 Å². The van der Waals surface area contributed by atoms with Gasteiger partial charge in [-0.1, -0.05) is 24.3 Å². The number of imide groups is 1. The zero-order chi connectivity index (χ0) is 26.5. The Morgan fingerprint density at radius 1 is 1.00 bits per heavy atom. The maximum atomic E-state index is 13.2. The number of hydrogen-bond acceptors (Lipinski definition) is 6. The second kappa shape index (κ2) is 9.11. The van der Waals surface area contributed by atoms with E-state index in [9.17, 15) is 14.9 Å². The van der Waals surface area contributed by atoms with Crippen LogP contribution in [0.4, 0.5) is 0 Å². The zero-order valence-electron chi connectivity index (χ0n) is 21.0. The van der Waals surface area contributed by atoms with Gasteiger partial charge in [-0.25, -0.2) is 4.98 Å². The lowest BCUT2D eigenvalue weighted by Crippen LogP contribution is -2.49. The summed E-state index contributed by atoms with van der Waals surface area (Å²) in [6.07, 6.45) is 7.41. The van der Waals surface area contributed by atoms with E-state index in [1.807, 2.05) is 53.3 Å². The van der Waals surface area contributed by atoms with Crippen LogP contribution in [0.1, 0.15) is 16.8 Å². The summed E-state index contributed by atoms with van der Waals surface area (Å²) in [4.78, 5) is 39.2. The number of carbonyl (C=O) groups excluding carboxylic acids is 2. The summed E-state index contributed by atoms with van der Waals surface area (Å²) in [6, 6.07) is 11.6. The third-order valence-electron chi connectivity index (χ3n) is 7.55. The second-order valence-electron chi connectivity index (χ2n) is 9.69. The van der Waals surface area contributed by atoms with Crippen LogP contribution in [0.25, 0.3) is 27.7 Å². The summed E-state index contributed by atoms with van der Waals surface area (Å²) < 4.78 is 9.45. The molecule has 1 N–H and O–H groups in total. The number of pyridine rings is 1. The first-order valence-corrected chi connectivity index (χ1v) is 12.8. The van der Waals surface area contributed by atoms with E-state index < -0.39 is 11.8 Å². The number of hydrogen-bond donors (Lipinski definition) is 1. The Balaban J connectivity index is 1.35. The molecular weight excluding hydrogens is 496 g/mol. The molecule has 0 spiro atoms. The molecule has 11 heteroatoms. The zero-order valence-corrected chi connectivity index (χ0v) is 21.0. The molecule has 7 rings (SSSR count). The van der Waals surface area contributed by atoms with Crippen LogP contribution in [0.15, 0.2) is 60.0 Å². The predicted octanol–water partition coefficient (Wildman–Crippen LogP) is 1.84. The summed E-state index contributed by atoms with van der Waals surface area (Å²) in [6.45, 7) is 4.37. The van der Waals surface area contributed by atoms with Gasteiger partial charge in [0.2, 0.25) is 12.2 Å². The highest BCUT2D eigenvalue weighted by molar-refractivity contribution is 6.49. The average molecular weight is 521 g/mol. The van der Waals surface area contributed by atoms with Crippen LogP contribution < -0.4 is 5.32 Å². The minimum atomic E-state index is -0.432. The number of aromatic nitrogens is 3. The SMILES string of the molecule is N#C/N=C(\N1CCOCC1)N1CCn2cc(C3=C(c4cnc5ccccn45)C(=O)NC3=O)c3cccc(c32)C1. The number of nitriles is 1. The number of fused-ring (bicyclic) bond motifs is 1. The van der Waals surface area contributed by atoms with E-state index >= 15 is 0 Å². The van der Waals surface area contributed by atoms with E-state index in [-0.39, 0.29) is 0 Å². The predicted molar refractivity (Wildman–Crippen MR) is 143 cm³/mol. The average Bonchev–Trinajstić information content (AvgIpc) is 3.58. The van der Waals surface area contributed by atoms with E-state index in [4.69, 9.17) is 4.74 Å². The van der Waals surface area contributed by atoms with Crippen molar-refractivity contribution in [3.63, 3.8) is 0 Å². The molecule has 194 valence electrons. The number of benzene rings is 1. The minimum absolute atomic E-state index is 0.317. The molecule has 6 heterocycles. The van der Waals surface area contributed by atoms with Gasteiger partial charge in [-0.2, -0.15) is 5.26 Å². The Labute approximate surface area is 223 Å². The maximum Gasteiger partial charge on any atom is 0.261 e. The Morgan fingerprint density at radius 2 is 1.85 bits per heavy atom. The van der Waals surface area contributed by atoms with Crippen LogP contribution in [0.5, 0.6) is 0 Å². The molecule has 3 aromatic heterocycles. The molecule has 0 radical (unpaired) electrons. The minimum Gasteiger partial charge on any atom is -0.378 e. The fourth-order valence-electron chi connectivity index (χ4n) is 5.85. The van der Waals surface area contributed by atoms with Gasteiger partial charge in [0.05, 0.1) is 41.8 Å². The van der Waals surface area contributed by atoms with Crippen molar-refractivity contribution in [3.8, 4) is 6.19 Å². The van der Waals surface area contributed by atoms with Crippen LogP contribution in [-0.4, -0.2) is 74.4 Å². The standard InChI is InChI=1S/C28H24N8O3/c29-17-31-28(33-10-12-39-13-11-33)35-9-8-34-16-20(19-5-3-4-18(15-35)25(19)34)23-24(27(38)32-26(23)37)21-14-30-22-6-1-2-7-36(21)22/h1-7,14,16H,8-13,15H2,(H,32,37,38)/b31-28+. The third-order valence-corrected chi connectivity index (χ3v) is 7.55. The molecule has 0 aliphatic carbocycles. The van der Waals surface area contributed by atoms with Gasteiger partial charge >= 0.3 is 0 Å². The van der Waals surface area contributed by atoms with Gasteiger partial charge in [-0.15, -0.1) is 4.99 Å². The van der Waals surface area contributed by atoms with Gasteiger partial charge in [-0.3, -0.25) is 19.3 Å². The fourth-order valence-corrected chi connectivity index (χ4v) is 5.85. The molecule has 3 aliphatic heterocycles. The number of aliphatic imine (C=N–C) groups is 1. The number of morpholine rings is 1. The topological polar surface area (TPSA) is 120 Å². The molecule has 2 amide bonds. The molecule has 0 unspecified atom stereocenters. The molecule has 11 nitrogen and oxygen atoms in total. The third kappa shape index (κ3) is 3.68. The van der Waals surface area contributed by atoms with Crippen molar-refractivity contribution >= 4 is 45.5 Å². The van der Waals surface area contributed by atoms with Crippen molar-refractivity contribution in [2.24, 2.45) is 4.99 Å². The first-order valence-electron chi connectivity index (χ1n) is 12.8. The Hall–Kier alpha value is -4.95. The number of ether oxygens (including phenoxy) is 1. The summed E-state index contributed by atoms with van der Waals surface area (Å²) in [5.41, 5.74) is 4.70. The van der Waals surface area contributed by atoms with Gasteiger partial charge in [0.25, 0.3) is 11.8 Å². The Morgan fingerprint density at radius 3 is 2.69 bits per heavy atom. The molecular formula is C28H24N8O3. The van der Waals surface area contributed by atoms with Gasteiger partial charge in [0.15, 0.2) is 0 Å². The second-order valence-corrected chi connectivity index (χ2v) is 9.69. The number of nitrogens with zero attached hydrogens (tertiary/aromatic N) is 7. The summed E-state index contributed by atoms with van der Waals surface area (Å²) in [7, 11) is 0. The maximum absolute atomic E-state index is 13.2. The Kier molecular flexibility index (Phi) is 5.42. The summed E-state index contributed by atoms with van der Waals surface area (Å²) in [5, 5.41) is 12.8. The van der Waals surface area contributed by atoms with Crippen LogP contribution in [-0.2, 0) is 27.4 Å². The highest BCUT2D eigenvalue weighted by Gasteiger charge is 2.36. The van der Waals surface area contributed by atoms with Crippen molar-refractivity contribution in [1.29, 1.82) is 5.26 Å². The number of carbonyl (C=O) groups is 2. The molecule has 1 fully saturated rings. The van der Waals surface area contributed by atoms with Crippen molar-refractivity contribution in [1.82, 2.24) is 29.1 Å². The van der Waals surface area contributed by atoms with Crippen LogP contribution in [0, 0.1) is 11.5 Å². The number of imidazole rings is 1. The summed E-state index contributed by atoms with van der Waals surface area (Å²) >= 11 is 0. The van der Waals surface area contributed by atoms with Crippen molar-refractivity contribution in [2.75, 3.05) is 32.8 Å². The molecule has 4 aromatic rings. The molecule has 0 atom stereocenters. The van der Waals surface area contributed by atoms with Gasteiger partial charge in [0.1, 0.15) is 5.65 Å². The lowest BCUT2D eigenvalue weighted by atomic mass is 9.98. The number of rotatable bonds is 2. The van der Waals surface area contributed by atoms with Crippen LogP contribution >= 0.6 is 0 Å². The number of para-hydroxylation sites is 1. The Bertz CT molecular complexity index is 1770. The number of nitrogens with one attached hydrogen (secondary N) is 1.